The maximum absolute atomic E-state index is 11.5. The molecular formula is C15H22N6OS. The van der Waals surface area contributed by atoms with Crippen LogP contribution in [0.5, 0.6) is 0 Å². The van der Waals surface area contributed by atoms with Crippen molar-refractivity contribution in [2.24, 2.45) is 11.7 Å². The number of aryl methyl sites for hydroxylation is 1. The summed E-state index contributed by atoms with van der Waals surface area (Å²) in [5, 5.41) is 8.46. The first kappa shape index (κ1) is 15.9. The van der Waals surface area contributed by atoms with Crippen molar-refractivity contribution in [3.05, 3.63) is 23.3 Å². The SMILES string of the molecule is CC(C)(C)c1nsc(NC[C@H]2CCn3ncc(C(N)=O)c3C2)n1. The molecule has 1 aliphatic rings. The van der Waals surface area contributed by atoms with Crippen LogP contribution in [0.4, 0.5) is 5.13 Å². The van der Waals surface area contributed by atoms with E-state index in [0.29, 0.717) is 11.5 Å². The molecule has 1 atom stereocenters. The number of fused-ring (bicyclic) bond motifs is 1. The summed E-state index contributed by atoms with van der Waals surface area (Å²) in [4.78, 5) is 16.0. The Balaban J connectivity index is 1.63. The highest BCUT2D eigenvalue weighted by Crippen LogP contribution is 2.25. The fourth-order valence-electron chi connectivity index (χ4n) is 2.71. The van der Waals surface area contributed by atoms with Crippen LogP contribution in [0, 0.1) is 5.92 Å². The van der Waals surface area contributed by atoms with Crippen molar-refractivity contribution < 1.29 is 4.79 Å². The third-order valence-electron chi connectivity index (χ3n) is 4.08. The van der Waals surface area contributed by atoms with E-state index in [4.69, 9.17) is 5.73 Å². The van der Waals surface area contributed by atoms with E-state index in [2.05, 4.69) is 40.5 Å². The van der Waals surface area contributed by atoms with Crippen LogP contribution < -0.4 is 11.1 Å². The molecule has 23 heavy (non-hydrogen) atoms. The molecule has 3 N–H and O–H groups in total. The van der Waals surface area contributed by atoms with Crippen molar-refractivity contribution in [1.82, 2.24) is 19.1 Å². The molecule has 0 saturated carbocycles. The second kappa shape index (κ2) is 5.92. The van der Waals surface area contributed by atoms with Crippen LogP contribution in [0.25, 0.3) is 0 Å². The lowest BCUT2D eigenvalue weighted by molar-refractivity contribution is 0.0998. The van der Waals surface area contributed by atoms with Gasteiger partial charge in [-0.2, -0.15) is 9.47 Å². The van der Waals surface area contributed by atoms with Crippen LogP contribution in [0.1, 0.15) is 49.1 Å². The molecule has 0 fully saturated rings. The van der Waals surface area contributed by atoms with Gasteiger partial charge in [0.1, 0.15) is 5.82 Å². The molecule has 0 aromatic carbocycles. The van der Waals surface area contributed by atoms with E-state index in [-0.39, 0.29) is 5.41 Å². The first-order valence-electron chi connectivity index (χ1n) is 7.77. The molecular weight excluding hydrogens is 312 g/mol. The average Bonchev–Trinajstić information content (AvgIpc) is 3.11. The molecule has 7 nitrogen and oxygen atoms in total. The van der Waals surface area contributed by atoms with E-state index in [1.54, 1.807) is 6.20 Å². The van der Waals surface area contributed by atoms with Gasteiger partial charge in [0.2, 0.25) is 5.13 Å². The van der Waals surface area contributed by atoms with Gasteiger partial charge >= 0.3 is 0 Å². The molecule has 1 aliphatic heterocycles. The predicted octanol–water partition coefficient (Wildman–Crippen LogP) is 1.81. The molecule has 0 bridgehead atoms. The standard InChI is InChI=1S/C15H22N6OS/c1-15(2,3)13-19-14(23-20-13)17-7-9-4-5-21-11(6-9)10(8-18-21)12(16)22/h8-9H,4-7H2,1-3H3,(H2,16,22)(H,17,19,20)/t9-/m0/s1. The normalized spacial score (nSPS) is 17.8. The maximum Gasteiger partial charge on any atom is 0.252 e. The fraction of sp³-hybridized carbons (Fsp3) is 0.600. The monoisotopic (exact) mass is 334 g/mol. The largest absolute Gasteiger partial charge is 0.365 e. The molecule has 0 saturated heterocycles. The minimum Gasteiger partial charge on any atom is -0.365 e. The average molecular weight is 334 g/mol. The second-order valence-electron chi connectivity index (χ2n) is 7.01. The van der Waals surface area contributed by atoms with E-state index < -0.39 is 5.91 Å². The van der Waals surface area contributed by atoms with Crippen molar-refractivity contribution in [2.75, 3.05) is 11.9 Å². The van der Waals surface area contributed by atoms with Gasteiger partial charge in [-0.25, -0.2) is 4.98 Å². The zero-order valence-corrected chi connectivity index (χ0v) is 14.5. The van der Waals surface area contributed by atoms with Gasteiger partial charge in [-0.1, -0.05) is 20.8 Å². The quantitative estimate of drug-likeness (QED) is 0.888. The van der Waals surface area contributed by atoms with Crippen LogP contribution in [-0.2, 0) is 18.4 Å². The molecule has 2 aromatic heterocycles. The summed E-state index contributed by atoms with van der Waals surface area (Å²) in [6.07, 6.45) is 3.40. The summed E-state index contributed by atoms with van der Waals surface area (Å²) in [7, 11) is 0. The zero-order valence-electron chi connectivity index (χ0n) is 13.7. The zero-order chi connectivity index (χ0) is 16.6. The summed E-state index contributed by atoms with van der Waals surface area (Å²) in [6.45, 7) is 7.94. The summed E-state index contributed by atoms with van der Waals surface area (Å²) in [6, 6.07) is 0. The highest BCUT2D eigenvalue weighted by molar-refractivity contribution is 7.09. The number of hydrogen-bond acceptors (Lipinski definition) is 6. The van der Waals surface area contributed by atoms with Crippen molar-refractivity contribution in [3.63, 3.8) is 0 Å². The van der Waals surface area contributed by atoms with Gasteiger partial charge in [-0.05, 0) is 18.8 Å². The highest BCUT2D eigenvalue weighted by Gasteiger charge is 2.25. The van der Waals surface area contributed by atoms with Crippen molar-refractivity contribution in [3.8, 4) is 0 Å². The molecule has 2 aromatic rings. The van der Waals surface area contributed by atoms with Crippen molar-refractivity contribution in [2.45, 2.75) is 45.6 Å². The van der Waals surface area contributed by atoms with E-state index >= 15 is 0 Å². The second-order valence-corrected chi connectivity index (χ2v) is 7.76. The van der Waals surface area contributed by atoms with Gasteiger partial charge in [0.15, 0.2) is 0 Å². The molecule has 0 spiro atoms. The number of nitrogens with two attached hydrogens (primary N) is 1. The molecule has 8 heteroatoms. The van der Waals surface area contributed by atoms with Gasteiger partial charge in [0, 0.05) is 30.0 Å². The Bertz CT molecular complexity index is 714. The Morgan fingerprint density at radius 1 is 1.52 bits per heavy atom. The number of primary amides is 1. The molecule has 0 aliphatic carbocycles. The van der Waals surface area contributed by atoms with Crippen LogP contribution in [0.15, 0.2) is 6.20 Å². The van der Waals surface area contributed by atoms with Crippen LogP contribution in [0.3, 0.4) is 0 Å². The minimum absolute atomic E-state index is 0.0375. The molecule has 0 unspecified atom stereocenters. The van der Waals surface area contributed by atoms with Gasteiger partial charge in [0.25, 0.3) is 5.91 Å². The minimum atomic E-state index is -0.404. The predicted molar refractivity (Wildman–Crippen MR) is 89.7 cm³/mol. The molecule has 1 amide bonds. The van der Waals surface area contributed by atoms with Gasteiger partial charge in [0.05, 0.1) is 17.5 Å². The highest BCUT2D eigenvalue weighted by atomic mass is 32.1. The summed E-state index contributed by atoms with van der Waals surface area (Å²) >= 11 is 1.40. The van der Waals surface area contributed by atoms with Crippen LogP contribution in [-0.4, -0.2) is 31.6 Å². The Morgan fingerprint density at radius 3 is 2.96 bits per heavy atom. The Kier molecular flexibility index (Phi) is 4.09. The number of hydrogen-bond donors (Lipinski definition) is 2. The van der Waals surface area contributed by atoms with Crippen molar-refractivity contribution >= 4 is 22.6 Å². The number of anilines is 1. The number of rotatable bonds is 4. The van der Waals surface area contributed by atoms with Gasteiger partial charge in [-0.15, -0.1) is 0 Å². The number of aromatic nitrogens is 4. The number of carbonyl (C=O) groups excluding carboxylic acids is 1. The lowest BCUT2D eigenvalue weighted by atomic mass is 9.94. The third-order valence-corrected chi connectivity index (χ3v) is 4.76. The number of amides is 1. The lowest BCUT2D eigenvalue weighted by Crippen LogP contribution is -2.27. The van der Waals surface area contributed by atoms with E-state index in [1.807, 2.05) is 4.68 Å². The summed E-state index contributed by atoms with van der Waals surface area (Å²) < 4.78 is 6.30. The fourth-order valence-corrected chi connectivity index (χ4v) is 3.47. The maximum atomic E-state index is 11.5. The van der Waals surface area contributed by atoms with Crippen LogP contribution >= 0.6 is 11.5 Å². The Morgan fingerprint density at radius 2 is 2.30 bits per heavy atom. The first-order chi connectivity index (χ1) is 10.8. The van der Waals surface area contributed by atoms with Crippen molar-refractivity contribution in [1.29, 1.82) is 0 Å². The number of nitrogens with zero attached hydrogens (tertiary/aromatic N) is 4. The van der Waals surface area contributed by atoms with E-state index in [0.717, 1.165) is 42.6 Å². The third kappa shape index (κ3) is 3.36. The number of carbonyl (C=O) groups is 1. The molecule has 0 radical (unpaired) electrons. The van der Waals surface area contributed by atoms with Crippen LogP contribution in [0.2, 0.25) is 0 Å². The Labute approximate surface area is 139 Å². The first-order valence-corrected chi connectivity index (χ1v) is 8.54. The van der Waals surface area contributed by atoms with Gasteiger partial charge in [-0.3, -0.25) is 9.48 Å². The molecule has 3 heterocycles. The molecule has 3 rings (SSSR count). The van der Waals surface area contributed by atoms with E-state index in [1.165, 1.54) is 11.5 Å². The smallest absolute Gasteiger partial charge is 0.252 e. The summed E-state index contributed by atoms with van der Waals surface area (Å²) in [5.74, 6) is 0.890. The topological polar surface area (TPSA) is 98.7 Å². The number of nitrogens with one attached hydrogen (secondary N) is 1. The summed E-state index contributed by atoms with van der Waals surface area (Å²) in [5.41, 5.74) is 6.86. The Hall–Kier alpha value is -1.96. The molecule has 124 valence electrons. The lowest BCUT2D eigenvalue weighted by Gasteiger charge is -2.24. The van der Waals surface area contributed by atoms with E-state index in [9.17, 15) is 4.79 Å². The van der Waals surface area contributed by atoms with Gasteiger partial charge < -0.3 is 11.1 Å².